The molecule has 1 atom stereocenters. The van der Waals surface area contributed by atoms with E-state index in [0.29, 0.717) is 24.1 Å². The van der Waals surface area contributed by atoms with Gasteiger partial charge in [-0.25, -0.2) is 9.37 Å². The van der Waals surface area contributed by atoms with E-state index < -0.39 is 0 Å². The summed E-state index contributed by atoms with van der Waals surface area (Å²) in [6.07, 6.45) is 5.32. The van der Waals surface area contributed by atoms with E-state index in [1.54, 1.807) is 23.0 Å². The molecule has 0 N–H and O–H groups in total. The Hall–Kier alpha value is -3.00. The topological polar surface area (TPSA) is 56.6 Å². The van der Waals surface area contributed by atoms with E-state index in [9.17, 15) is 9.18 Å². The van der Waals surface area contributed by atoms with Gasteiger partial charge in [-0.15, -0.1) is 0 Å². The molecule has 0 bridgehead atoms. The van der Waals surface area contributed by atoms with Crippen molar-refractivity contribution < 1.29 is 18.7 Å². The summed E-state index contributed by atoms with van der Waals surface area (Å²) >= 11 is 1.36. The highest BCUT2D eigenvalue weighted by Gasteiger charge is 2.31. The number of aromatic nitrogens is 2. The summed E-state index contributed by atoms with van der Waals surface area (Å²) in [6, 6.07) is 12.3. The third-order valence-electron chi connectivity index (χ3n) is 5.54. The van der Waals surface area contributed by atoms with Gasteiger partial charge in [-0.2, -0.15) is 0 Å². The third-order valence-corrected chi connectivity index (χ3v) is 6.49. The molecule has 2 aliphatic rings. The van der Waals surface area contributed by atoms with Crippen molar-refractivity contribution in [1.82, 2.24) is 14.5 Å². The Morgan fingerprint density at radius 1 is 1.16 bits per heavy atom. The number of fused-ring (bicyclic) bond motifs is 1. The highest BCUT2D eigenvalue weighted by Crippen LogP contribution is 2.38. The van der Waals surface area contributed by atoms with Gasteiger partial charge in [-0.05, 0) is 48.7 Å². The van der Waals surface area contributed by atoms with Crippen LogP contribution in [-0.4, -0.2) is 45.9 Å². The van der Waals surface area contributed by atoms with Crippen LogP contribution in [0.1, 0.15) is 24.4 Å². The maximum atomic E-state index is 13.6. The molecule has 2 aromatic carbocycles. The molecule has 0 spiro atoms. The average molecular weight is 440 g/mol. The number of nitrogens with zero attached hydrogens (tertiary/aromatic N) is 3. The van der Waals surface area contributed by atoms with Gasteiger partial charge >= 0.3 is 0 Å². The molecular weight excluding hydrogens is 417 g/mol. The van der Waals surface area contributed by atoms with Crippen molar-refractivity contribution in [1.29, 1.82) is 0 Å². The van der Waals surface area contributed by atoms with Crippen LogP contribution in [0.5, 0.6) is 11.5 Å². The molecule has 31 heavy (non-hydrogen) atoms. The van der Waals surface area contributed by atoms with Crippen molar-refractivity contribution >= 4 is 17.7 Å². The first-order valence-electron chi connectivity index (χ1n) is 10.3. The van der Waals surface area contributed by atoms with Crippen LogP contribution in [0.2, 0.25) is 0 Å². The summed E-state index contributed by atoms with van der Waals surface area (Å²) in [7, 11) is 0. The van der Waals surface area contributed by atoms with E-state index in [4.69, 9.17) is 9.47 Å². The van der Waals surface area contributed by atoms with Crippen molar-refractivity contribution in [3.8, 4) is 17.2 Å². The molecule has 0 saturated carbocycles. The number of imidazole rings is 1. The minimum absolute atomic E-state index is 0.0342. The van der Waals surface area contributed by atoms with E-state index in [0.717, 1.165) is 36.4 Å². The molecule has 3 heterocycles. The maximum Gasteiger partial charge on any atom is 0.233 e. The van der Waals surface area contributed by atoms with Crippen molar-refractivity contribution in [2.75, 3.05) is 25.5 Å². The minimum atomic E-state index is -0.308. The number of rotatable bonds is 5. The first-order valence-corrected chi connectivity index (χ1v) is 11.3. The van der Waals surface area contributed by atoms with Crippen LogP contribution in [0.4, 0.5) is 4.39 Å². The largest absolute Gasteiger partial charge is 0.486 e. The van der Waals surface area contributed by atoms with Crippen LogP contribution in [-0.2, 0) is 4.79 Å². The lowest BCUT2D eigenvalue weighted by Crippen LogP contribution is -2.32. The number of carbonyl (C=O) groups excluding carboxylic acids is 1. The average Bonchev–Trinajstić information content (AvgIpc) is 3.47. The second-order valence-corrected chi connectivity index (χ2v) is 8.44. The molecule has 5 rings (SSSR count). The molecule has 1 saturated heterocycles. The van der Waals surface area contributed by atoms with Crippen molar-refractivity contribution in [3.63, 3.8) is 0 Å². The molecule has 2 aliphatic heterocycles. The van der Waals surface area contributed by atoms with Crippen LogP contribution in [0.25, 0.3) is 5.69 Å². The molecular formula is C23H22FN3O3S. The lowest BCUT2D eigenvalue weighted by Gasteiger charge is -2.26. The van der Waals surface area contributed by atoms with E-state index >= 15 is 0 Å². The van der Waals surface area contributed by atoms with Gasteiger partial charge in [0.15, 0.2) is 16.7 Å². The number of likely N-dealkylation sites (tertiary alicyclic amines) is 1. The number of hydrogen-bond acceptors (Lipinski definition) is 5. The number of carbonyl (C=O) groups is 1. The second kappa shape index (κ2) is 8.63. The zero-order valence-corrected chi connectivity index (χ0v) is 17.7. The zero-order valence-electron chi connectivity index (χ0n) is 16.9. The SMILES string of the molecule is O=C(CSc1nccn1-c1cccc(F)c1)N1CCCC1c1ccc2c(c1)OCCO2. The smallest absolute Gasteiger partial charge is 0.233 e. The third kappa shape index (κ3) is 4.12. The van der Waals surface area contributed by atoms with Gasteiger partial charge in [-0.3, -0.25) is 9.36 Å². The van der Waals surface area contributed by atoms with Crippen LogP contribution >= 0.6 is 11.8 Å². The Morgan fingerprint density at radius 2 is 2.03 bits per heavy atom. The highest BCUT2D eigenvalue weighted by atomic mass is 32.2. The van der Waals surface area contributed by atoms with Crippen LogP contribution < -0.4 is 9.47 Å². The second-order valence-electron chi connectivity index (χ2n) is 7.50. The highest BCUT2D eigenvalue weighted by molar-refractivity contribution is 7.99. The molecule has 1 unspecified atom stereocenters. The van der Waals surface area contributed by atoms with Gasteiger partial charge in [0.25, 0.3) is 0 Å². The van der Waals surface area contributed by atoms with Gasteiger partial charge in [0, 0.05) is 18.9 Å². The summed E-state index contributed by atoms with van der Waals surface area (Å²) in [5.74, 6) is 1.53. The van der Waals surface area contributed by atoms with E-state index in [1.165, 1.54) is 23.9 Å². The van der Waals surface area contributed by atoms with Crippen LogP contribution in [0.15, 0.2) is 60.0 Å². The summed E-state index contributed by atoms with van der Waals surface area (Å²) in [5.41, 5.74) is 1.75. The number of thioether (sulfide) groups is 1. The van der Waals surface area contributed by atoms with E-state index in [2.05, 4.69) is 4.98 Å². The Morgan fingerprint density at radius 3 is 2.90 bits per heavy atom. The number of hydrogen-bond donors (Lipinski definition) is 0. The number of halogens is 1. The minimum Gasteiger partial charge on any atom is -0.486 e. The molecule has 8 heteroatoms. The fraction of sp³-hybridized carbons (Fsp3) is 0.304. The van der Waals surface area contributed by atoms with Crippen LogP contribution in [0.3, 0.4) is 0 Å². The molecule has 1 aromatic heterocycles. The molecule has 1 fully saturated rings. The van der Waals surface area contributed by atoms with E-state index in [-0.39, 0.29) is 23.5 Å². The molecule has 160 valence electrons. The lowest BCUT2D eigenvalue weighted by molar-refractivity contribution is -0.129. The van der Waals surface area contributed by atoms with E-state index in [1.807, 2.05) is 29.2 Å². The summed E-state index contributed by atoms with van der Waals surface area (Å²) in [6.45, 7) is 1.83. The van der Waals surface area contributed by atoms with Gasteiger partial charge in [0.2, 0.25) is 5.91 Å². The summed E-state index contributed by atoms with van der Waals surface area (Å²) in [4.78, 5) is 19.4. The molecule has 3 aromatic rings. The number of benzene rings is 2. The van der Waals surface area contributed by atoms with Gasteiger partial charge in [0.05, 0.1) is 17.5 Å². The number of ether oxygens (including phenoxy) is 2. The van der Waals surface area contributed by atoms with Gasteiger partial charge < -0.3 is 14.4 Å². The molecule has 1 amide bonds. The standard InChI is InChI=1S/C23H22FN3O3S/c24-17-3-1-4-18(14-17)26-10-8-25-23(26)31-15-22(28)27-9-2-5-19(27)16-6-7-20-21(13-16)30-12-11-29-20/h1,3-4,6-8,10,13-14,19H,2,5,9,11-12,15H2. The normalized spacial score (nSPS) is 17.7. The zero-order chi connectivity index (χ0) is 21.2. The van der Waals surface area contributed by atoms with Gasteiger partial charge in [-0.1, -0.05) is 23.9 Å². The maximum absolute atomic E-state index is 13.6. The molecule has 0 radical (unpaired) electrons. The predicted molar refractivity (Wildman–Crippen MR) is 115 cm³/mol. The summed E-state index contributed by atoms with van der Waals surface area (Å²) < 4.78 is 26.7. The monoisotopic (exact) mass is 439 g/mol. The Kier molecular flexibility index (Phi) is 5.55. The van der Waals surface area contributed by atoms with Crippen LogP contribution in [0, 0.1) is 5.82 Å². The lowest BCUT2D eigenvalue weighted by atomic mass is 10.0. The Labute approximate surface area is 184 Å². The predicted octanol–water partition coefficient (Wildman–Crippen LogP) is 4.24. The van der Waals surface area contributed by atoms with Crippen molar-refractivity contribution in [3.05, 3.63) is 66.2 Å². The Bertz CT molecular complexity index is 1100. The van der Waals surface area contributed by atoms with Crippen molar-refractivity contribution in [2.24, 2.45) is 0 Å². The quantitative estimate of drug-likeness (QED) is 0.557. The van der Waals surface area contributed by atoms with Crippen molar-refractivity contribution in [2.45, 2.75) is 24.0 Å². The summed E-state index contributed by atoms with van der Waals surface area (Å²) in [5, 5.41) is 0.661. The number of amides is 1. The molecule has 6 nitrogen and oxygen atoms in total. The first kappa shape index (κ1) is 19.9. The Balaban J connectivity index is 1.28. The molecule has 0 aliphatic carbocycles. The first-order chi connectivity index (χ1) is 15.2. The fourth-order valence-corrected chi connectivity index (χ4v) is 4.97. The fourth-order valence-electron chi connectivity index (χ4n) is 4.11. The van der Waals surface area contributed by atoms with Gasteiger partial charge in [0.1, 0.15) is 19.0 Å².